The van der Waals surface area contributed by atoms with Crippen molar-refractivity contribution in [2.45, 2.75) is 64.9 Å². The van der Waals surface area contributed by atoms with Gasteiger partial charge in [-0.05, 0) is 63.8 Å². The van der Waals surface area contributed by atoms with Crippen LogP contribution in [0.1, 0.15) is 74.2 Å². The number of esters is 1. The molecule has 1 aromatic rings. The topological polar surface area (TPSA) is 87.2 Å². The molecule has 1 saturated carbocycles. The Kier molecular flexibility index (Phi) is 7.23. The fraction of sp³-hybridized carbons (Fsp3) is 0.571. The highest BCUT2D eigenvalue weighted by Gasteiger charge is 2.37. The number of hydrogen-bond donors (Lipinski definition) is 0. The summed E-state index contributed by atoms with van der Waals surface area (Å²) in [6.07, 6.45) is 8.00. The van der Waals surface area contributed by atoms with Crippen molar-refractivity contribution < 1.29 is 23.9 Å². The van der Waals surface area contributed by atoms with Gasteiger partial charge in [-0.3, -0.25) is 19.3 Å². The molecule has 4 aliphatic rings. The first-order valence-electron chi connectivity index (χ1n) is 13.3. The number of cyclic esters (lactones) is 1. The van der Waals surface area contributed by atoms with E-state index in [9.17, 15) is 19.2 Å². The number of benzene rings is 1. The lowest BCUT2D eigenvalue weighted by Gasteiger charge is -2.38. The van der Waals surface area contributed by atoms with Gasteiger partial charge in [0.2, 0.25) is 5.91 Å². The number of piperazine rings is 1. The van der Waals surface area contributed by atoms with E-state index in [1.807, 2.05) is 0 Å². The molecule has 0 unspecified atom stereocenters. The molecule has 36 heavy (non-hydrogen) atoms. The largest absolute Gasteiger partial charge is 0.457 e. The SMILES string of the molecule is CC1=C(CCCCCCN2CCN(C(=O)C3CCC3)CC2)C(=O)N(c2ccc3c(c2)COC3=O)C1=O. The number of carbonyl (C=O) groups excluding carboxylic acids is 4. The van der Waals surface area contributed by atoms with E-state index < -0.39 is 0 Å². The fourth-order valence-electron chi connectivity index (χ4n) is 5.57. The molecular formula is C28H35N3O5. The summed E-state index contributed by atoms with van der Waals surface area (Å²) in [5, 5.41) is 0. The summed E-state index contributed by atoms with van der Waals surface area (Å²) in [5.74, 6) is -0.249. The minimum absolute atomic E-state index is 0.172. The fourth-order valence-corrected chi connectivity index (χ4v) is 5.57. The van der Waals surface area contributed by atoms with Gasteiger partial charge in [-0.15, -0.1) is 0 Å². The van der Waals surface area contributed by atoms with Crippen molar-refractivity contribution in [1.29, 1.82) is 0 Å². The third kappa shape index (κ3) is 4.83. The van der Waals surface area contributed by atoms with Crippen molar-refractivity contribution in [2.24, 2.45) is 5.92 Å². The molecule has 1 aromatic carbocycles. The van der Waals surface area contributed by atoms with E-state index in [1.54, 1.807) is 25.1 Å². The summed E-state index contributed by atoms with van der Waals surface area (Å²) in [4.78, 5) is 55.7. The van der Waals surface area contributed by atoms with Gasteiger partial charge in [-0.2, -0.15) is 0 Å². The lowest BCUT2D eigenvalue weighted by Crippen LogP contribution is -2.51. The van der Waals surface area contributed by atoms with Gasteiger partial charge in [-0.1, -0.05) is 19.3 Å². The van der Waals surface area contributed by atoms with Crippen molar-refractivity contribution in [2.75, 3.05) is 37.6 Å². The third-order valence-electron chi connectivity index (χ3n) is 8.15. The zero-order valence-electron chi connectivity index (χ0n) is 21.1. The van der Waals surface area contributed by atoms with Crippen LogP contribution in [0.3, 0.4) is 0 Å². The number of unbranched alkanes of at least 4 members (excludes halogenated alkanes) is 3. The first-order valence-corrected chi connectivity index (χ1v) is 13.3. The summed E-state index contributed by atoms with van der Waals surface area (Å²) >= 11 is 0. The van der Waals surface area contributed by atoms with Crippen LogP contribution in [0.4, 0.5) is 5.69 Å². The summed E-state index contributed by atoms with van der Waals surface area (Å²) in [6, 6.07) is 4.97. The van der Waals surface area contributed by atoms with E-state index in [4.69, 9.17) is 4.74 Å². The molecule has 0 bridgehead atoms. The monoisotopic (exact) mass is 493 g/mol. The Balaban J connectivity index is 1.03. The van der Waals surface area contributed by atoms with Crippen LogP contribution >= 0.6 is 0 Å². The van der Waals surface area contributed by atoms with Crippen molar-refractivity contribution in [3.8, 4) is 0 Å². The van der Waals surface area contributed by atoms with Crippen LogP contribution in [0.25, 0.3) is 0 Å². The first-order chi connectivity index (χ1) is 17.4. The van der Waals surface area contributed by atoms with E-state index in [1.165, 1.54) is 11.3 Å². The zero-order chi connectivity index (χ0) is 25.2. The molecule has 0 radical (unpaired) electrons. The maximum atomic E-state index is 13.1. The molecule has 3 aliphatic heterocycles. The van der Waals surface area contributed by atoms with Crippen LogP contribution in [0, 0.1) is 5.92 Å². The summed E-state index contributed by atoms with van der Waals surface area (Å²) in [7, 11) is 0. The smallest absolute Gasteiger partial charge is 0.338 e. The molecule has 2 fully saturated rings. The number of hydrogen-bond acceptors (Lipinski definition) is 6. The predicted octanol–water partition coefficient (Wildman–Crippen LogP) is 3.44. The Bertz CT molecular complexity index is 1100. The Hall–Kier alpha value is -3.00. The number of rotatable bonds is 9. The van der Waals surface area contributed by atoms with Crippen LogP contribution in [0.15, 0.2) is 29.3 Å². The average molecular weight is 494 g/mol. The zero-order valence-corrected chi connectivity index (χ0v) is 21.1. The van der Waals surface area contributed by atoms with Gasteiger partial charge in [0.05, 0.1) is 11.3 Å². The third-order valence-corrected chi connectivity index (χ3v) is 8.15. The van der Waals surface area contributed by atoms with Gasteiger partial charge >= 0.3 is 5.97 Å². The average Bonchev–Trinajstić information content (AvgIpc) is 3.31. The van der Waals surface area contributed by atoms with Crippen LogP contribution in [-0.2, 0) is 25.7 Å². The molecule has 0 N–H and O–H groups in total. The van der Waals surface area contributed by atoms with E-state index in [0.717, 1.165) is 71.2 Å². The lowest BCUT2D eigenvalue weighted by atomic mass is 9.84. The van der Waals surface area contributed by atoms with Crippen LogP contribution in [-0.4, -0.2) is 66.2 Å². The molecular weight excluding hydrogens is 458 g/mol. The van der Waals surface area contributed by atoms with Crippen molar-refractivity contribution in [3.05, 3.63) is 40.5 Å². The molecule has 5 rings (SSSR count). The molecule has 0 aromatic heterocycles. The number of fused-ring (bicyclic) bond motifs is 1. The van der Waals surface area contributed by atoms with Crippen LogP contribution in [0.5, 0.6) is 0 Å². The second-order valence-electron chi connectivity index (χ2n) is 10.4. The lowest BCUT2D eigenvalue weighted by molar-refractivity contribution is -0.140. The van der Waals surface area contributed by atoms with Crippen LogP contribution < -0.4 is 4.90 Å². The molecule has 192 valence electrons. The number of anilines is 1. The Morgan fingerprint density at radius 3 is 2.44 bits per heavy atom. The summed E-state index contributed by atoms with van der Waals surface area (Å²) in [6.45, 7) is 6.56. The van der Waals surface area contributed by atoms with Gasteiger partial charge in [0, 0.05) is 48.8 Å². The van der Waals surface area contributed by atoms with E-state index in [2.05, 4.69) is 9.80 Å². The van der Waals surface area contributed by atoms with Gasteiger partial charge < -0.3 is 9.64 Å². The number of imide groups is 1. The van der Waals surface area contributed by atoms with E-state index in [-0.39, 0.29) is 30.3 Å². The molecule has 0 spiro atoms. The van der Waals surface area contributed by atoms with E-state index in [0.29, 0.717) is 40.3 Å². The summed E-state index contributed by atoms with van der Waals surface area (Å²) < 4.78 is 5.03. The van der Waals surface area contributed by atoms with Crippen molar-refractivity contribution in [3.63, 3.8) is 0 Å². The number of nitrogens with zero attached hydrogens (tertiary/aromatic N) is 3. The van der Waals surface area contributed by atoms with Gasteiger partial charge in [0.1, 0.15) is 6.61 Å². The van der Waals surface area contributed by atoms with Crippen molar-refractivity contribution in [1.82, 2.24) is 9.80 Å². The number of carbonyl (C=O) groups is 4. The maximum Gasteiger partial charge on any atom is 0.338 e. The highest BCUT2D eigenvalue weighted by molar-refractivity contribution is 6.32. The second-order valence-corrected chi connectivity index (χ2v) is 10.4. The standard InChI is InChI=1S/C28H35N3O5/c1-19-23(27(34)31(25(19)32)22-10-11-24-21(17-22)18-36-28(24)35)9-4-2-3-5-12-29-13-15-30(16-14-29)26(33)20-7-6-8-20/h10-11,17,20H,2-9,12-16,18H2,1H3. The molecule has 0 atom stereocenters. The molecule has 8 heteroatoms. The maximum absolute atomic E-state index is 13.1. The minimum atomic E-state index is -0.369. The highest BCUT2D eigenvalue weighted by atomic mass is 16.5. The quantitative estimate of drug-likeness (QED) is 0.298. The van der Waals surface area contributed by atoms with Gasteiger partial charge in [0.25, 0.3) is 11.8 Å². The molecule has 8 nitrogen and oxygen atoms in total. The predicted molar refractivity (Wildman–Crippen MR) is 134 cm³/mol. The Labute approximate surface area is 212 Å². The summed E-state index contributed by atoms with van der Waals surface area (Å²) in [5.41, 5.74) is 2.80. The van der Waals surface area contributed by atoms with Crippen molar-refractivity contribution >= 4 is 29.4 Å². The minimum Gasteiger partial charge on any atom is -0.457 e. The van der Waals surface area contributed by atoms with E-state index >= 15 is 0 Å². The Morgan fingerprint density at radius 1 is 0.972 bits per heavy atom. The molecule has 3 amide bonds. The first kappa shape index (κ1) is 24.7. The van der Waals surface area contributed by atoms with Crippen LogP contribution in [0.2, 0.25) is 0 Å². The number of ether oxygens (including phenoxy) is 1. The van der Waals surface area contributed by atoms with Gasteiger partial charge in [0.15, 0.2) is 0 Å². The normalized spacial score (nSPS) is 20.8. The second kappa shape index (κ2) is 10.5. The molecule has 1 saturated heterocycles. The Morgan fingerprint density at radius 2 is 1.72 bits per heavy atom. The number of amides is 3. The molecule has 3 heterocycles. The van der Waals surface area contributed by atoms with Gasteiger partial charge in [-0.25, -0.2) is 9.69 Å². The molecule has 1 aliphatic carbocycles. The highest BCUT2D eigenvalue weighted by Crippen LogP contribution is 2.33.